The maximum atomic E-state index is 13.4. The summed E-state index contributed by atoms with van der Waals surface area (Å²) in [4.78, 5) is 54.1. The number of rotatable bonds is 6. The number of likely N-dealkylation sites (tertiary alicyclic amines) is 2. The van der Waals surface area contributed by atoms with E-state index in [-0.39, 0.29) is 29.0 Å². The number of nitrogens with one attached hydrogen (secondary N) is 1. The molecule has 12 heteroatoms. The molecule has 38 heavy (non-hydrogen) atoms. The van der Waals surface area contributed by atoms with E-state index in [1.165, 1.54) is 26.3 Å². The minimum Gasteiger partial charge on any atom is -0.492 e. The predicted molar refractivity (Wildman–Crippen MR) is 138 cm³/mol. The number of fused-ring (bicyclic) bond motifs is 1. The topological polar surface area (TPSA) is 149 Å². The van der Waals surface area contributed by atoms with Crippen LogP contribution in [0.25, 0.3) is 11.7 Å². The fourth-order valence-electron chi connectivity index (χ4n) is 5.72. The van der Waals surface area contributed by atoms with Crippen molar-refractivity contribution in [2.45, 2.75) is 70.5 Å². The molecule has 204 valence electrons. The van der Waals surface area contributed by atoms with Crippen molar-refractivity contribution in [3.63, 3.8) is 0 Å². The van der Waals surface area contributed by atoms with Crippen LogP contribution < -0.4 is 10.9 Å². The van der Waals surface area contributed by atoms with E-state index >= 15 is 0 Å². The average molecular weight is 527 g/mol. The molecule has 3 aliphatic rings. The fraction of sp³-hybridized carbons (Fsp3) is 0.577. The van der Waals surface area contributed by atoms with Crippen LogP contribution in [0.4, 0.5) is 4.79 Å². The van der Waals surface area contributed by atoms with Gasteiger partial charge in [-0.25, -0.2) is 4.79 Å². The third kappa shape index (κ3) is 4.63. The van der Waals surface area contributed by atoms with Crippen LogP contribution in [0.2, 0.25) is 0 Å². The summed E-state index contributed by atoms with van der Waals surface area (Å²) in [5.41, 5.74) is -0.525. The lowest BCUT2D eigenvalue weighted by Crippen LogP contribution is -2.54. The van der Waals surface area contributed by atoms with Crippen LogP contribution in [0.5, 0.6) is 5.88 Å². The lowest BCUT2D eigenvalue weighted by Gasteiger charge is -2.44. The van der Waals surface area contributed by atoms with Crippen molar-refractivity contribution >= 4 is 29.6 Å². The SMILES string of the molecule is CC(C)Cn1c(=O)c(C(=O)NC2CC2)c(O)n2ncc(C=CC(=O)N3CCCC34CCN(C(=O)O)CC4)c12. The Morgan fingerprint density at radius 1 is 1.18 bits per heavy atom. The number of carbonyl (C=O) groups is 3. The molecule has 3 amide bonds. The fourth-order valence-corrected chi connectivity index (χ4v) is 5.72. The largest absolute Gasteiger partial charge is 0.492 e. The molecule has 0 atom stereocenters. The molecule has 1 saturated carbocycles. The van der Waals surface area contributed by atoms with Gasteiger partial charge in [-0.1, -0.05) is 13.8 Å². The van der Waals surface area contributed by atoms with Gasteiger partial charge in [0.05, 0.1) is 6.20 Å². The second kappa shape index (κ2) is 9.80. The van der Waals surface area contributed by atoms with Crippen molar-refractivity contribution in [2.24, 2.45) is 5.92 Å². The van der Waals surface area contributed by atoms with Gasteiger partial charge in [0.15, 0.2) is 5.56 Å². The molecule has 1 spiro atoms. The molecule has 5 rings (SSSR count). The van der Waals surface area contributed by atoms with Gasteiger partial charge in [-0.2, -0.15) is 9.61 Å². The quantitative estimate of drug-likeness (QED) is 0.487. The number of aromatic nitrogens is 3. The normalized spacial score (nSPS) is 19.2. The highest BCUT2D eigenvalue weighted by molar-refractivity contribution is 5.97. The number of nitrogens with zero attached hydrogens (tertiary/aromatic N) is 5. The maximum Gasteiger partial charge on any atom is 0.407 e. The number of hydrogen-bond donors (Lipinski definition) is 3. The molecule has 2 aromatic heterocycles. The van der Waals surface area contributed by atoms with E-state index in [4.69, 9.17) is 0 Å². The van der Waals surface area contributed by atoms with Gasteiger partial charge in [-0.15, -0.1) is 0 Å². The summed E-state index contributed by atoms with van der Waals surface area (Å²) < 4.78 is 2.61. The summed E-state index contributed by atoms with van der Waals surface area (Å²) in [5, 5.41) is 27.1. The molecule has 4 heterocycles. The molecular formula is C26H34N6O6. The highest BCUT2D eigenvalue weighted by atomic mass is 16.4. The Labute approximate surface area is 219 Å². The minimum atomic E-state index is -0.937. The van der Waals surface area contributed by atoms with Gasteiger partial charge in [-0.3, -0.25) is 19.0 Å². The van der Waals surface area contributed by atoms with Crippen LogP contribution in [0.1, 0.15) is 68.3 Å². The standard InChI is InChI=1S/C26H34N6O6/c1-16(2)15-30-22-17(14-27-32(22)24(36)20(23(30)35)21(34)28-18-5-6-18)4-7-19(33)31-11-3-8-26(31)9-12-29(13-10-26)25(37)38/h4,7,14,16,18,36H,3,5-6,8-13,15H2,1-2H3,(H,28,34)(H,37,38). The van der Waals surface area contributed by atoms with Gasteiger partial charge < -0.3 is 25.3 Å². The van der Waals surface area contributed by atoms with Gasteiger partial charge in [0.1, 0.15) is 5.65 Å². The maximum absolute atomic E-state index is 13.4. The molecule has 12 nitrogen and oxygen atoms in total. The molecule has 1 aliphatic carbocycles. The van der Waals surface area contributed by atoms with E-state index in [0.29, 0.717) is 50.2 Å². The van der Waals surface area contributed by atoms with E-state index in [0.717, 1.165) is 25.7 Å². The Hall–Kier alpha value is -3.83. The molecule has 2 saturated heterocycles. The Morgan fingerprint density at radius 3 is 2.53 bits per heavy atom. The van der Waals surface area contributed by atoms with Gasteiger partial charge in [-0.05, 0) is 50.5 Å². The van der Waals surface area contributed by atoms with E-state index in [1.54, 1.807) is 6.08 Å². The third-order valence-corrected chi connectivity index (χ3v) is 7.83. The lowest BCUT2D eigenvalue weighted by atomic mass is 9.85. The van der Waals surface area contributed by atoms with E-state index in [1.807, 2.05) is 18.7 Å². The van der Waals surface area contributed by atoms with Crippen molar-refractivity contribution in [3.8, 4) is 5.88 Å². The van der Waals surface area contributed by atoms with E-state index in [9.17, 15) is 29.4 Å². The summed E-state index contributed by atoms with van der Waals surface area (Å²) in [7, 11) is 0. The zero-order valence-electron chi connectivity index (χ0n) is 21.7. The number of hydrogen-bond acceptors (Lipinski definition) is 6. The van der Waals surface area contributed by atoms with Gasteiger partial charge in [0.25, 0.3) is 11.5 Å². The lowest BCUT2D eigenvalue weighted by molar-refractivity contribution is -0.131. The second-order valence-electron chi connectivity index (χ2n) is 11.0. The van der Waals surface area contributed by atoms with Gasteiger partial charge in [0, 0.05) is 49.4 Å². The van der Waals surface area contributed by atoms with Crippen molar-refractivity contribution < 1.29 is 24.6 Å². The number of carbonyl (C=O) groups excluding carboxylic acids is 2. The molecular weight excluding hydrogens is 492 g/mol. The molecule has 0 aromatic carbocycles. The smallest absolute Gasteiger partial charge is 0.407 e. The molecule has 2 aliphatic heterocycles. The van der Waals surface area contributed by atoms with Crippen LogP contribution in [-0.4, -0.2) is 83.3 Å². The first kappa shape index (κ1) is 25.8. The molecule has 3 N–H and O–H groups in total. The van der Waals surface area contributed by atoms with E-state index in [2.05, 4.69) is 10.4 Å². The number of aromatic hydroxyl groups is 1. The summed E-state index contributed by atoms with van der Waals surface area (Å²) in [6.45, 7) is 5.57. The van der Waals surface area contributed by atoms with Gasteiger partial charge >= 0.3 is 6.09 Å². The van der Waals surface area contributed by atoms with Crippen LogP contribution in [0.15, 0.2) is 17.1 Å². The number of piperidine rings is 1. The Balaban J connectivity index is 1.45. The highest BCUT2D eigenvalue weighted by Gasteiger charge is 2.45. The molecule has 3 fully saturated rings. The summed E-state index contributed by atoms with van der Waals surface area (Å²) in [5.74, 6) is -1.27. The minimum absolute atomic E-state index is 0.0166. The van der Waals surface area contributed by atoms with Crippen LogP contribution in [0, 0.1) is 5.92 Å². The average Bonchev–Trinajstić information content (AvgIpc) is 3.43. The van der Waals surface area contributed by atoms with Crippen molar-refractivity contribution in [2.75, 3.05) is 19.6 Å². The number of amides is 3. The number of carboxylic acid groups (broad SMARTS) is 1. The first-order chi connectivity index (χ1) is 18.1. The summed E-state index contributed by atoms with van der Waals surface area (Å²) in [6, 6.07) is 0.0166. The van der Waals surface area contributed by atoms with Crippen molar-refractivity contribution in [3.05, 3.63) is 33.8 Å². The Bertz CT molecular complexity index is 1360. The highest BCUT2D eigenvalue weighted by Crippen LogP contribution is 2.38. The zero-order valence-corrected chi connectivity index (χ0v) is 21.7. The van der Waals surface area contributed by atoms with Gasteiger partial charge in [0.2, 0.25) is 11.8 Å². The van der Waals surface area contributed by atoms with Crippen LogP contribution in [0.3, 0.4) is 0 Å². The molecule has 0 bridgehead atoms. The second-order valence-corrected chi connectivity index (χ2v) is 11.0. The Morgan fingerprint density at radius 2 is 1.89 bits per heavy atom. The monoisotopic (exact) mass is 526 g/mol. The molecule has 2 aromatic rings. The summed E-state index contributed by atoms with van der Waals surface area (Å²) >= 11 is 0. The zero-order chi connectivity index (χ0) is 27.2. The predicted octanol–water partition coefficient (Wildman–Crippen LogP) is 1.90. The van der Waals surface area contributed by atoms with Crippen LogP contribution in [-0.2, 0) is 11.3 Å². The van der Waals surface area contributed by atoms with E-state index < -0.39 is 23.4 Å². The van der Waals surface area contributed by atoms with Crippen molar-refractivity contribution in [1.82, 2.24) is 29.3 Å². The molecule has 0 unspecified atom stereocenters. The molecule has 0 radical (unpaired) electrons. The van der Waals surface area contributed by atoms with Crippen molar-refractivity contribution in [1.29, 1.82) is 0 Å². The van der Waals surface area contributed by atoms with Crippen LogP contribution >= 0.6 is 0 Å². The summed E-state index contributed by atoms with van der Waals surface area (Å²) in [6.07, 6.45) is 8.14. The Kier molecular flexibility index (Phi) is 6.66. The first-order valence-corrected chi connectivity index (χ1v) is 13.2. The first-order valence-electron chi connectivity index (χ1n) is 13.2. The third-order valence-electron chi connectivity index (χ3n) is 7.83.